The van der Waals surface area contributed by atoms with Crippen molar-refractivity contribution in [1.29, 1.82) is 0 Å². The van der Waals surface area contributed by atoms with E-state index < -0.39 is 0 Å². The van der Waals surface area contributed by atoms with Crippen LogP contribution in [0.15, 0.2) is 42.7 Å². The molecule has 1 aromatic carbocycles. The number of halogens is 1. The van der Waals surface area contributed by atoms with Gasteiger partial charge in [-0.2, -0.15) is 0 Å². The minimum atomic E-state index is -0.315. The van der Waals surface area contributed by atoms with Gasteiger partial charge in [-0.25, -0.2) is 4.39 Å². The number of benzene rings is 1. The van der Waals surface area contributed by atoms with E-state index in [0.29, 0.717) is 0 Å². The third-order valence-electron chi connectivity index (χ3n) is 3.03. The van der Waals surface area contributed by atoms with Gasteiger partial charge in [-0.15, -0.1) is 0 Å². The maximum absolute atomic E-state index is 13.0. The Bertz CT molecular complexity index is 528. The lowest BCUT2D eigenvalue weighted by Gasteiger charge is -2.13. The van der Waals surface area contributed by atoms with Crippen molar-refractivity contribution in [3.05, 3.63) is 59.7 Å². The third-order valence-corrected chi connectivity index (χ3v) is 3.03. The molecule has 0 aliphatic rings. The standard InChI is InChI=1S/C15H17FN2O/c1-11(13-8-14(16)10-17-9-13)18-7-6-12-2-4-15(19)5-3-12/h2-5,8-11,18-19H,6-7H2,1H3. The first-order chi connectivity index (χ1) is 9.15. The molecule has 0 saturated heterocycles. The summed E-state index contributed by atoms with van der Waals surface area (Å²) in [5.74, 6) is -0.0411. The lowest BCUT2D eigenvalue weighted by molar-refractivity contribution is 0.475. The van der Waals surface area contributed by atoms with Gasteiger partial charge < -0.3 is 10.4 Å². The van der Waals surface area contributed by atoms with Crippen molar-refractivity contribution in [2.45, 2.75) is 19.4 Å². The zero-order valence-corrected chi connectivity index (χ0v) is 10.8. The van der Waals surface area contributed by atoms with Crippen molar-refractivity contribution in [2.24, 2.45) is 0 Å². The first-order valence-corrected chi connectivity index (χ1v) is 6.27. The molecule has 19 heavy (non-hydrogen) atoms. The van der Waals surface area contributed by atoms with Gasteiger partial charge in [0.2, 0.25) is 0 Å². The molecule has 0 fully saturated rings. The molecular weight excluding hydrogens is 243 g/mol. The smallest absolute Gasteiger partial charge is 0.141 e. The van der Waals surface area contributed by atoms with Gasteiger partial charge in [0.05, 0.1) is 6.20 Å². The summed E-state index contributed by atoms with van der Waals surface area (Å²) in [6, 6.07) is 8.69. The van der Waals surface area contributed by atoms with Crippen molar-refractivity contribution >= 4 is 0 Å². The maximum atomic E-state index is 13.0. The normalized spacial score (nSPS) is 12.3. The highest BCUT2D eigenvalue weighted by Gasteiger charge is 2.05. The van der Waals surface area contributed by atoms with E-state index in [4.69, 9.17) is 0 Å². The molecule has 0 aliphatic heterocycles. The number of phenols is 1. The highest BCUT2D eigenvalue weighted by molar-refractivity contribution is 5.26. The van der Waals surface area contributed by atoms with Gasteiger partial charge in [-0.3, -0.25) is 4.98 Å². The minimum absolute atomic E-state index is 0.0558. The van der Waals surface area contributed by atoms with Crippen LogP contribution in [0, 0.1) is 5.82 Å². The fraction of sp³-hybridized carbons (Fsp3) is 0.267. The van der Waals surface area contributed by atoms with Gasteiger partial charge in [-0.05, 0) is 49.2 Å². The van der Waals surface area contributed by atoms with E-state index >= 15 is 0 Å². The van der Waals surface area contributed by atoms with Gasteiger partial charge in [0.25, 0.3) is 0 Å². The Balaban J connectivity index is 1.84. The van der Waals surface area contributed by atoms with Crippen LogP contribution in [0.3, 0.4) is 0 Å². The average molecular weight is 260 g/mol. The number of hydrogen-bond donors (Lipinski definition) is 2. The van der Waals surface area contributed by atoms with Gasteiger partial charge in [0.15, 0.2) is 0 Å². The van der Waals surface area contributed by atoms with Gasteiger partial charge in [-0.1, -0.05) is 12.1 Å². The molecule has 1 atom stereocenters. The molecule has 0 saturated carbocycles. The highest BCUT2D eigenvalue weighted by Crippen LogP contribution is 2.13. The topological polar surface area (TPSA) is 45.1 Å². The quantitative estimate of drug-likeness (QED) is 0.869. The Morgan fingerprint density at radius 3 is 2.68 bits per heavy atom. The van der Waals surface area contributed by atoms with E-state index in [1.165, 1.54) is 12.3 Å². The molecule has 2 rings (SSSR count). The molecule has 1 unspecified atom stereocenters. The Morgan fingerprint density at radius 2 is 2.00 bits per heavy atom. The molecule has 0 bridgehead atoms. The minimum Gasteiger partial charge on any atom is -0.508 e. The summed E-state index contributed by atoms with van der Waals surface area (Å²) in [6.07, 6.45) is 3.72. The number of nitrogens with zero attached hydrogens (tertiary/aromatic N) is 1. The summed E-state index contributed by atoms with van der Waals surface area (Å²) in [5, 5.41) is 12.5. The number of nitrogens with one attached hydrogen (secondary N) is 1. The SMILES string of the molecule is CC(NCCc1ccc(O)cc1)c1cncc(F)c1. The van der Waals surface area contributed by atoms with E-state index in [2.05, 4.69) is 10.3 Å². The average Bonchev–Trinajstić information content (AvgIpc) is 2.41. The Kier molecular flexibility index (Phi) is 4.47. The molecule has 2 aromatic rings. The highest BCUT2D eigenvalue weighted by atomic mass is 19.1. The molecule has 100 valence electrons. The van der Waals surface area contributed by atoms with Crippen LogP contribution >= 0.6 is 0 Å². The van der Waals surface area contributed by atoms with E-state index in [1.807, 2.05) is 19.1 Å². The van der Waals surface area contributed by atoms with Gasteiger partial charge >= 0.3 is 0 Å². The van der Waals surface area contributed by atoms with Crippen LogP contribution in [0.5, 0.6) is 5.75 Å². The largest absolute Gasteiger partial charge is 0.508 e. The van der Waals surface area contributed by atoms with Gasteiger partial charge in [0, 0.05) is 12.2 Å². The third kappa shape index (κ3) is 4.03. The number of pyridine rings is 1. The summed E-state index contributed by atoms with van der Waals surface area (Å²) in [5.41, 5.74) is 1.99. The van der Waals surface area contributed by atoms with Crippen molar-refractivity contribution in [3.63, 3.8) is 0 Å². The van der Waals surface area contributed by atoms with Crippen LogP contribution < -0.4 is 5.32 Å². The van der Waals surface area contributed by atoms with Crippen molar-refractivity contribution < 1.29 is 9.50 Å². The van der Waals surface area contributed by atoms with E-state index in [1.54, 1.807) is 18.3 Å². The maximum Gasteiger partial charge on any atom is 0.141 e. The number of hydrogen-bond acceptors (Lipinski definition) is 3. The Labute approximate surface area is 112 Å². The summed E-state index contributed by atoms with van der Waals surface area (Å²) in [6.45, 7) is 2.76. The predicted octanol–water partition coefficient (Wildman–Crippen LogP) is 2.82. The molecule has 2 N–H and O–H groups in total. The number of aromatic hydroxyl groups is 1. The fourth-order valence-electron chi connectivity index (χ4n) is 1.88. The Morgan fingerprint density at radius 1 is 1.26 bits per heavy atom. The van der Waals surface area contributed by atoms with Gasteiger partial charge in [0.1, 0.15) is 11.6 Å². The zero-order valence-electron chi connectivity index (χ0n) is 10.8. The van der Waals surface area contributed by atoms with Crippen LogP contribution in [0.4, 0.5) is 4.39 Å². The number of phenolic OH excluding ortho intramolecular Hbond substituents is 1. The summed E-state index contributed by atoms with van der Waals surface area (Å²) in [7, 11) is 0. The zero-order chi connectivity index (χ0) is 13.7. The van der Waals surface area contributed by atoms with Crippen molar-refractivity contribution in [1.82, 2.24) is 10.3 Å². The monoisotopic (exact) mass is 260 g/mol. The van der Waals surface area contributed by atoms with E-state index in [9.17, 15) is 9.50 Å². The molecular formula is C15H17FN2O. The number of aromatic nitrogens is 1. The first kappa shape index (κ1) is 13.5. The summed E-state index contributed by atoms with van der Waals surface area (Å²) < 4.78 is 13.0. The number of rotatable bonds is 5. The van der Waals surface area contributed by atoms with E-state index in [0.717, 1.165) is 24.1 Å². The van der Waals surface area contributed by atoms with Crippen LogP contribution in [0.25, 0.3) is 0 Å². The molecule has 4 heteroatoms. The fourth-order valence-corrected chi connectivity index (χ4v) is 1.88. The van der Waals surface area contributed by atoms with Crippen LogP contribution in [-0.2, 0) is 6.42 Å². The van der Waals surface area contributed by atoms with Crippen LogP contribution in [0.1, 0.15) is 24.1 Å². The molecule has 0 amide bonds. The van der Waals surface area contributed by atoms with E-state index in [-0.39, 0.29) is 17.6 Å². The molecule has 3 nitrogen and oxygen atoms in total. The molecule has 0 radical (unpaired) electrons. The van der Waals surface area contributed by atoms with Crippen LogP contribution in [-0.4, -0.2) is 16.6 Å². The summed E-state index contributed by atoms with van der Waals surface area (Å²) >= 11 is 0. The predicted molar refractivity (Wildman–Crippen MR) is 72.4 cm³/mol. The second-order valence-corrected chi connectivity index (χ2v) is 4.53. The Hall–Kier alpha value is -1.94. The lowest BCUT2D eigenvalue weighted by atomic mass is 10.1. The van der Waals surface area contributed by atoms with Crippen molar-refractivity contribution in [3.8, 4) is 5.75 Å². The second-order valence-electron chi connectivity index (χ2n) is 4.53. The lowest BCUT2D eigenvalue weighted by Crippen LogP contribution is -2.21. The molecule has 1 aromatic heterocycles. The molecule has 0 spiro atoms. The van der Waals surface area contributed by atoms with Crippen molar-refractivity contribution in [2.75, 3.05) is 6.54 Å². The second kappa shape index (κ2) is 6.29. The molecule has 0 aliphatic carbocycles. The molecule has 1 heterocycles. The van der Waals surface area contributed by atoms with Crippen LogP contribution in [0.2, 0.25) is 0 Å². The first-order valence-electron chi connectivity index (χ1n) is 6.27. The summed E-state index contributed by atoms with van der Waals surface area (Å²) in [4.78, 5) is 3.84.